The second kappa shape index (κ2) is 11.1. The number of furan rings is 1. The van der Waals surface area contributed by atoms with Gasteiger partial charge in [-0.05, 0) is 104 Å². The summed E-state index contributed by atoms with van der Waals surface area (Å²) in [5.74, 6) is 6.77. The fraction of sp³-hybridized carbons (Fsp3) is 0.0400. The number of anilines is 3. The molecule has 8 aromatic rings. The van der Waals surface area contributed by atoms with Crippen LogP contribution in [0.15, 0.2) is 186 Å². The molecule has 1 heterocycles. The molecule has 2 nitrogen and oxygen atoms in total. The van der Waals surface area contributed by atoms with Crippen LogP contribution in [0.5, 0.6) is 0 Å². The molecule has 3 aliphatic rings. The van der Waals surface area contributed by atoms with Crippen molar-refractivity contribution in [3.05, 3.63) is 204 Å². The molecule has 11 rings (SSSR count). The van der Waals surface area contributed by atoms with Gasteiger partial charge < -0.3 is 9.32 Å². The van der Waals surface area contributed by atoms with Gasteiger partial charge in [-0.25, -0.2) is 0 Å². The SMILES string of the molecule is C1#CCC2=C(C=C1)C1(c3ccc(N(c4ccc(-c5ccccc5)cc4)c4cccc5c4oc4ccccc45)cc32)c2ccccc2-c2ccccc21. The maximum atomic E-state index is 6.67. The molecule has 242 valence electrons. The molecule has 0 atom stereocenters. The Labute approximate surface area is 302 Å². The smallest absolute Gasteiger partial charge is 0.159 e. The number of para-hydroxylation sites is 2. The summed E-state index contributed by atoms with van der Waals surface area (Å²) >= 11 is 0. The lowest BCUT2D eigenvalue weighted by Gasteiger charge is -2.32. The van der Waals surface area contributed by atoms with Gasteiger partial charge in [0.05, 0.1) is 11.1 Å². The molecule has 2 heteroatoms. The molecule has 0 aliphatic heterocycles. The van der Waals surface area contributed by atoms with Gasteiger partial charge in [-0.2, -0.15) is 0 Å². The molecule has 0 saturated heterocycles. The van der Waals surface area contributed by atoms with E-state index in [9.17, 15) is 0 Å². The number of rotatable bonds is 4. The van der Waals surface area contributed by atoms with Crippen LogP contribution in [0.25, 0.3) is 49.8 Å². The van der Waals surface area contributed by atoms with E-state index in [1.165, 1.54) is 55.7 Å². The molecule has 0 fully saturated rings. The van der Waals surface area contributed by atoms with Crippen LogP contribution in [0.3, 0.4) is 0 Å². The van der Waals surface area contributed by atoms with Crippen molar-refractivity contribution in [2.45, 2.75) is 11.8 Å². The van der Waals surface area contributed by atoms with Gasteiger partial charge in [0.25, 0.3) is 0 Å². The van der Waals surface area contributed by atoms with Crippen LogP contribution in [0.2, 0.25) is 0 Å². The van der Waals surface area contributed by atoms with Crippen molar-refractivity contribution in [3.8, 4) is 34.1 Å². The Kier molecular flexibility index (Phi) is 6.18. The zero-order valence-corrected chi connectivity index (χ0v) is 28.3. The highest BCUT2D eigenvalue weighted by molar-refractivity contribution is 6.10. The highest BCUT2D eigenvalue weighted by Gasteiger charge is 2.52. The number of hydrogen-bond acceptors (Lipinski definition) is 2. The third-order valence-electron chi connectivity index (χ3n) is 11.2. The lowest BCUT2D eigenvalue weighted by atomic mass is 9.69. The highest BCUT2D eigenvalue weighted by Crippen LogP contribution is 2.63. The summed E-state index contributed by atoms with van der Waals surface area (Å²) < 4.78 is 6.67. The van der Waals surface area contributed by atoms with Crippen LogP contribution < -0.4 is 4.90 Å². The van der Waals surface area contributed by atoms with Crippen molar-refractivity contribution in [2.24, 2.45) is 0 Å². The molecule has 1 aromatic heterocycles. The molecule has 3 aliphatic carbocycles. The predicted molar refractivity (Wildman–Crippen MR) is 214 cm³/mol. The first-order valence-electron chi connectivity index (χ1n) is 17.9. The largest absolute Gasteiger partial charge is 0.454 e. The summed E-state index contributed by atoms with van der Waals surface area (Å²) in [7, 11) is 0. The first kappa shape index (κ1) is 29.0. The van der Waals surface area contributed by atoms with Crippen LogP contribution in [-0.2, 0) is 5.41 Å². The molecule has 52 heavy (non-hydrogen) atoms. The van der Waals surface area contributed by atoms with E-state index in [2.05, 4.69) is 181 Å². The van der Waals surface area contributed by atoms with Crippen molar-refractivity contribution in [1.82, 2.24) is 0 Å². The number of nitrogens with zero attached hydrogens (tertiary/aromatic N) is 1. The van der Waals surface area contributed by atoms with E-state index in [1.54, 1.807) is 0 Å². The van der Waals surface area contributed by atoms with Gasteiger partial charge in [0.2, 0.25) is 0 Å². The quantitative estimate of drug-likeness (QED) is 0.175. The Morgan fingerprint density at radius 2 is 1.19 bits per heavy atom. The highest BCUT2D eigenvalue weighted by atomic mass is 16.3. The third kappa shape index (κ3) is 3.97. The van der Waals surface area contributed by atoms with Gasteiger partial charge in [0, 0.05) is 28.6 Å². The van der Waals surface area contributed by atoms with E-state index in [-0.39, 0.29) is 0 Å². The van der Waals surface area contributed by atoms with Gasteiger partial charge in [0.1, 0.15) is 5.58 Å². The average molecular weight is 662 g/mol. The minimum atomic E-state index is -0.415. The van der Waals surface area contributed by atoms with Gasteiger partial charge in [-0.15, -0.1) is 0 Å². The minimum Gasteiger partial charge on any atom is -0.454 e. The van der Waals surface area contributed by atoms with Crippen LogP contribution in [0.4, 0.5) is 17.1 Å². The summed E-state index contributed by atoms with van der Waals surface area (Å²) in [6.07, 6.45) is 5.02. The van der Waals surface area contributed by atoms with E-state index in [0.717, 1.165) is 39.0 Å². The van der Waals surface area contributed by atoms with Gasteiger partial charge >= 0.3 is 0 Å². The Morgan fingerprint density at radius 3 is 2.00 bits per heavy atom. The normalized spacial score (nSPS) is 14.5. The summed E-state index contributed by atoms with van der Waals surface area (Å²) in [5.41, 5.74) is 17.3. The molecular formula is C50H31NO. The predicted octanol–water partition coefficient (Wildman–Crippen LogP) is 12.8. The van der Waals surface area contributed by atoms with Crippen molar-refractivity contribution >= 4 is 44.6 Å². The van der Waals surface area contributed by atoms with Crippen LogP contribution in [0, 0.1) is 11.8 Å². The fourth-order valence-corrected chi connectivity index (χ4v) is 9.09. The van der Waals surface area contributed by atoms with Crippen molar-refractivity contribution in [2.75, 3.05) is 4.90 Å². The number of allylic oxidation sites excluding steroid dienone is 4. The lowest BCUT2D eigenvalue weighted by Crippen LogP contribution is -2.26. The molecule has 0 saturated carbocycles. The molecule has 0 bridgehead atoms. The molecule has 0 unspecified atom stereocenters. The first-order chi connectivity index (χ1) is 25.8. The number of hydrogen-bond donors (Lipinski definition) is 0. The zero-order chi connectivity index (χ0) is 34.2. The standard InChI is InChI=1S/C50H31NO/c1-3-14-33(15-4-1)34-26-28-35(29-27-34)51(47-24-13-20-41-40-19-9-12-25-48(40)52-49(41)47)36-30-31-46-42(32-36)39-16-5-2-6-21-45(39)50(46)43-22-10-7-17-37(43)38-18-8-11-23-44(38)50/h1,3-4,6-15,17-32H,16H2. The summed E-state index contributed by atoms with van der Waals surface area (Å²) in [5, 5.41) is 2.22. The van der Waals surface area contributed by atoms with E-state index in [1.807, 2.05) is 12.1 Å². The van der Waals surface area contributed by atoms with Gasteiger partial charge in [0.15, 0.2) is 5.58 Å². The molecular weight excluding hydrogens is 631 g/mol. The van der Waals surface area contributed by atoms with Crippen molar-refractivity contribution in [3.63, 3.8) is 0 Å². The van der Waals surface area contributed by atoms with E-state index >= 15 is 0 Å². The molecule has 7 aromatic carbocycles. The second-order valence-corrected chi connectivity index (χ2v) is 13.8. The second-order valence-electron chi connectivity index (χ2n) is 13.8. The van der Waals surface area contributed by atoms with Crippen molar-refractivity contribution < 1.29 is 4.42 Å². The Bertz CT molecular complexity index is 2830. The lowest BCUT2D eigenvalue weighted by molar-refractivity contribution is 0.669. The van der Waals surface area contributed by atoms with Gasteiger partial charge in [-0.3, -0.25) is 0 Å². The topological polar surface area (TPSA) is 16.4 Å². The maximum absolute atomic E-state index is 6.67. The van der Waals surface area contributed by atoms with Crippen molar-refractivity contribution in [1.29, 1.82) is 0 Å². The number of benzene rings is 7. The van der Waals surface area contributed by atoms with E-state index < -0.39 is 5.41 Å². The molecule has 1 spiro atoms. The first-order valence-corrected chi connectivity index (χ1v) is 17.9. The summed E-state index contributed by atoms with van der Waals surface area (Å²) in [4.78, 5) is 2.36. The van der Waals surface area contributed by atoms with Crippen LogP contribution >= 0.6 is 0 Å². The van der Waals surface area contributed by atoms with Crippen LogP contribution in [0.1, 0.15) is 28.7 Å². The van der Waals surface area contributed by atoms with Gasteiger partial charge in [-0.1, -0.05) is 139 Å². The monoisotopic (exact) mass is 661 g/mol. The van der Waals surface area contributed by atoms with E-state index in [0.29, 0.717) is 6.42 Å². The Hall–Kier alpha value is -6.82. The summed E-state index contributed by atoms with van der Waals surface area (Å²) in [6, 6.07) is 59.2. The van der Waals surface area contributed by atoms with E-state index in [4.69, 9.17) is 4.42 Å². The molecule has 0 radical (unpaired) electrons. The number of fused-ring (bicyclic) bond motifs is 12. The zero-order valence-electron chi connectivity index (χ0n) is 28.3. The third-order valence-corrected chi connectivity index (χ3v) is 11.2. The Morgan fingerprint density at radius 1 is 0.538 bits per heavy atom. The maximum Gasteiger partial charge on any atom is 0.159 e. The Balaban J connectivity index is 1.17. The summed E-state index contributed by atoms with van der Waals surface area (Å²) in [6.45, 7) is 0. The molecule has 0 amide bonds. The fourth-order valence-electron chi connectivity index (χ4n) is 9.09. The minimum absolute atomic E-state index is 0.415. The average Bonchev–Trinajstić information content (AvgIpc) is 3.74. The van der Waals surface area contributed by atoms with Crippen LogP contribution in [-0.4, -0.2) is 0 Å². The molecule has 0 N–H and O–H groups in total.